The van der Waals surface area contributed by atoms with Crippen molar-refractivity contribution < 1.29 is 4.79 Å². The summed E-state index contributed by atoms with van der Waals surface area (Å²) in [5, 5.41) is 2.03. The molecule has 0 saturated heterocycles. The van der Waals surface area contributed by atoms with Crippen molar-refractivity contribution in [2.24, 2.45) is 0 Å². The molecular formula is C18H16N2O. The van der Waals surface area contributed by atoms with E-state index in [1.54, 1.807) is 6.08 Å². The lowest BCUT2D eigenvalue weighted by Gasteiger charge is -2.20. The van der Waals surface area contributed by atoms with E-state index in [0.717, 1.165) is 17.8 Å². The lowest BCUT2D eigenvalue weighted by molar-refractivity contribution is 0.104. The fraction of sp³-hybridized carbons (Fsp3) is 0.0556. The number of ketones is 1. The zero-order valence-corrected chi connectivity index (χ0v) is 11.6. The van der Waals surface area contributed by atoms with E-state index in [1.807, 2.05) is 71.9 Å². The summed E-state index contributed by atoms with van der Waals surface area (Å²) in [4.78, 5) is 12.1. The van der Waals surface area contributed by atoms with E-state index in [9.17, 15) is 4.79 Å². The Morgan fingerprint density at radius 3 is 2.57 bits per heavy atom. The van der Waals surface area contributed by atoms with Gasteiger partial charge in [-0.3, -0.25) is 9.80 Å². The van der Waals surface area contributed by atoms with Crippen molar-refractivity contribution in [2.45, 2.75) is 0 Å². The number of rotatable bonds is 4. The second-order valence-corrected chi connectivity index (χ2v) is 4.76. The lowest BCUT2D eigenvalue weighted by atomic mass is 10.1. The zero-order chi connectivity index (χ0) is 14.5. The summed E-state index contributed by atoms with van der Waals surface area (Å²) in [6, 6.07) is 17.3. The third-order valence-corrected chi connectivity index (χ3v) is 3.34. The molecule has 3 rings (SSSR count). The topological polar surface area (TPSA) is 32.3 Å². The molecule has 2 aromatic carbocycles. The van der Waals surface area contributed by atoms with Crippen LogP contribution < -0.4 is 10.4 Å². The normalized spacial score (nSPS) is 13.6. The first-order valence-corrected chi connectivity index (χ1v) is 6.90. The maximum absolute atomic E-state index is 12.1. The van der Waals surface area contributed by atoms with Gasteiger partial charge in [0.15, 0.2) is 5.78 Å². The SMILES string of the molecule is O=C(C=Cc1ccccc1N1CC=CN1)c1ccccc1. The monoisotopic (exact) mass is 276 g/mol. The fourth-order valence-electron chi connectivity index (χ4n) is 2.26. The number of para-hydroxylation sites is 1. The van der Waals surface area contributed by atoms with Crippen LogP contribution in [0, 0.1) is 0 Å². The van der Waals surface area contributed by atoms with Crippen LogP contribution in [-0.4, -0.2) is 12.3 Å². The fourth-order valence-corrected chi connectivity index (χ4v) is 2.26. The van der Waals surface area contributed by atoms with Crippen LogP contribution in [0.1, 0.15) is 15.9 Å². The van der Waals surface area contributed by atoms with Crippen LogP contribution in [0.5, 0.6) is 0 Å². The van der Waals surface area contributed by atoms with Crippen molar-refractivity contribution in [1.82, 2.24) is 5.43 Å². The molecule has 0 unspecified atom stereocenters. The second kappa shape index (κ2) is 6.09. The van der Waals surface area contributed by atoms with E-state index < -0.39 is 0 Å². The third-order valence-electron chi connectivity index (χ3n) is 3.34. The maximum Gasteiger partial charge on any atom is 0.185 e. The smallest absolute Gasteiger partial charge is 0.185 e. The predicted molar refractivity (Wildman–Crippen MR) is 85.9 cm³/mol. The van der Waals surface area contributed by atoms with Gasteiger partial charge in [0, 0.05) is 11.8 Å². The van der Waals surface area contributed by atoms with Crippen LogP contribution in [0.2, 0.25) is 0 Å². The average molecular weight is 276 g/mol. The predicted octanol–water partition coefficient (Wildman–Crippen LogP) is 3.42. The highest BCUT2D eigenvalue weighted by Gasteiger charge is 2.10. The average Bonchev–Trinajstić information content (AvgIpc) is 3.08. The number of hydrogen-bond acceptors (Lipinski definition) is 3. The Kier molecular flexibility index (Phi) is 3.83. The standard InChI is InChI=1S/C18H16N2O/c21-18(16-8-2-1-3-9-16)12-11-15-7-4-5-10-17(15)20-14-6-13-19-20/h1-13,19H,14H2. The van der Waals surface area contributed by atoms with Crippen LogP contribution in [0.15, 0.2) is 72.9 Å². The zero-order valence-electron chi connectivity index (χ0n) is 11.6. The molecule has 21 heavy (non-hydrogen) atoms. The Labute approximate surface area is 124 Å². The van der Waals surface area contributed by atoms with Crippen LogP contribution >= 0.6 is 0 Å². The highest BCUT2D eigenvalue weighted by atomic mass is 16.1. The molecule has 0 spiro atoms. The molecule has 0 amide bonds. The van der Waals surface area contributed by atoms with Gasteiger partial charge in [0.05, 0.1) is 12.2 Å². The van der Waals surface area contributed by atoms with E-state index in [4.69, 9.17) is 0 Å². The summed E-state index contributed by atoms with van der Waals surface area (Å²) >= 11 is 0. The lowest BCUT2D eigenvalue weighted by Crippen LogP contribution is -2.29. The summed E-state index contributed by atoms with van der Waals surface area (Å²) in [6.45, 7) is 0.817. The molecule has 0 aromatic heterocycles. The number of benzene rings is 2. The molecule has 3 heteroatoms. The molecule has 0 bridgehead atoms. The molecule has 0 saturated carbocycles. The number of carbonyl (C=O) groups excluding carboxylic acids is 1. The number of carbonyl (C=O) groups is 1. The van der Waals surface area contributed by atoms with Gasteiger partial charge in [0.2, 0.25) is 0 Å². The number of nitrogens with one attached hydrogen (secondary N) is 1. The minimum Gasteiger partial charge on any atom is -0.306 e. The molecule has 0 radical (unpaired) electrons. The highest BCUT2D eigenvalue weighted by Crippen LogP contribution is 2.22. The van der Waals surface area contributed by atoms with Gasteiger partial charge in [-0.05, 0) is 29.9 Å². The molecule has 2 aromatic rings. The summed E-state index contributed by atoms with van der Waals surface area (Å²) in [6.07, 6.45) is 7.45. The summed E-state index contributed by atoms with van der Waals surface area (Å²) in [5.74, 6) is 0.0120. The van der Waals surface area contributed by atoms with Crippen molar-refractivity contribution in [3.8, 4) is 0 Å². The Bertz CT molecular complexity index is 681. The molecule has 104 valence electrons. The first-order chi connectivity index (χ1) is 10.3. The summed E-state index contributed by atoms with van der Waals surface area (Å²) < 4.78 is 0. The van der Waals surface area contributed by atoms with Gasteiger partial charge in [-0.2, -0.15) is 0 Å². The molecule has 1 heterocycles. The van der Waals surface area contributed by atoms with Gasteiger partial charge < -0.3 is 5.43 Å². The van der Waals surface area contributed by atoms with E-state index in [2.05, 4.69) is 11.5 Å². The molecule has 1 N–H and O–H groups in total. The number of hydrazine groups is 1. The Morgan fingerprint density at radius 1 is 1.05 bits per heavy atom. The van der Waals surface area contributed by atoms with E-state index in [0.29, 0.717) is 5.56 Å². The number of nitrogens with zero attached hydrogens (tertiary/aromatic N) is 1. The number of hydrogen-bond donors (Lipinski definition) is 1. The molecule has 0 atom stereocenters. The molecule has 1 aliphatic heterocycles. The van der Waals surface area contributed by atoms with Gasteiger partial charge in [-0.1, -0.05) is 48.5 Å². The third kappa shape index (κ3) is 3.03. The highest BCUT2D eigenvalue weighted by molar-refractivity contribution is 6.07. The van der Waals surface area contributed by atoms with Crippen molar-refractivity contribution in [2.75, 3.05) is 11.6 Å². The Hall–Kier alpha value is -2.81. The first-order valence-electron chi connectivity index (χ1n) is 6.90. The minimum absolute atomic E-state index is 0.0120. The van der Waals surface area contributed by atoms with Gasteiger partial charge in [0.1, 0.15) is 0 Å². The Balaban J connectivity index is 1.81. The van der Waals surface area contributed by atoms with Crippen LogP contribution in [0.25, 0.3) is 6.08 Å². The second-order valence-electron chi connectivity index (χ2n) is 4.76. The number of allylic oxidation sites excluding steroid dienone is 1. The minimum atomic E-state index is 0.0120. The summed E-state index contributed by atoms with van der Waals surface area (Å²) in [7, 11) is 0. The molecule has 3 nitrogen and oxygen atoms in total. The van der Waals surface area contributed by atoms with E-state index >= 15 is 0 Å². The van der Waals surface area contributed by atoms with E-state index in [1.165, 1.54) is 0 Å². The quantitative estimate of drug-likeness (QED) is 0.686. The summed E-state index contributed by atoms with van der Waals surface area (Å²) in [5.41, 5.74) is 5.93. The Morgan fingerprint density at radius 2 is 1.81 bits per heavy atom. The number of anilines is 1. The van der Waals surface area contributed by atoms with Crippen molar-refractivity contribution in [3.63, 3.8) is 0 Å². The molecule has 1 aliphatic rings. The van der Waals surface area contributed by atoms with Crippen molar-refractivity contribution >= 4 is 17.5 Å². The maximum atomic E-state index is 12.1. The van der Waals surface area contributed by atoms with Gasteiger partial charge in [-0.25, -0.2) is 0 Å². The van der Waals surface area contributed by atoms with Gasteiger partial charge in [-0.15, -0.1) is 0 Å². The van der Waals surface area contributed by atoms with E-state index in [-0.39, 0.29) is 5.78 Å². The van der Waals surface area contributed by atoms with Gasteiger partial charge in [0.25, 0.3) is 0 Å². The first kappa shape index (κ1) is 13.2. The molecule has 0 fully saturated rings. The van der Waals surface area contributed by atoms with Crippen molar-refractivity contribution in [1.29, 1.82) is 0 Å². The molecule has 0 aliphatic carbocycles. The van der Waals surface area contributed by atoms with Crippen LogP contribution in [-0.2, 0) is 0 Å². The molecular weight excluding hydrogens is 260 g/mol. The van der Waals surface area contributed by atoms with Gasteiger partial charge >= 0.3 is 0 Å². The van der Waals surface area contributed by atoms with Crippen LogP contribution in [0.3, 0.4) is 0 Å². The van der Waals surface area contributed by atoms with Crippen molar-refractivity contribution in [3.05, 3.63) is 84.1 Å². The largest absolute Gasteiger partial charge is 0.306 e. The van der Waals surface area contributed by atoms with Crippen LogP contribution in [0.4, 0.5) is 5.69 Å².